The average Bonchev–Trinajstić information content (AvgIpc) is 3.48. The van der Waals surface area contributed by atoms with Gasteiger partial charge in [-0.25, -0.2) is 0 Å². The lowest BCUT2D eigenvalue weighted by Crippen LogP contribution is -2.31. The minimum absolute atomic E-state index is 0.132. The van der Waals surface area contributed by atoms with Crippen LogP contribution in [-0.2, 0) is 6.42 Å². The predicted molar refractivity (Wildman–Crippen MR) is 149 cm³/mol. The summed E-state index contributed by atoms with van der Waals surface area (Å²) >= 11 is 0. The molecule has 4 aromatic rings. The van der Waals surface area contributed by atoms with Crippen LogP contribution < -0.4 is 14.2 Å². The lowest BCUT2D eigenvalue weighted by molar-refractivity contribution is 0.0746. The Morgan fingerprint density at radius 2 is 1.74 bits per heavy atom. The Bertz CT molecular complexity index is 1510. The first-order valence-corrected chi connectivity index (χ1v) is 13.0. The monoisotopic (exact) mass is 527 g/mol. The summed E-state index contributed by atoms with van der Waals surface area (Å²) in [6, 6.07) is 17.0. The number of phenolic OH excluding ortho intramolecular Hbond substituents is 1. The minimum Gasteiger partial charge on any atom is -0.507 e. The molecular weight excluding hydrogens is 494 g/mol. The second kappa shape index (κ2) is 10.7. The standard InChI is InChI=1S/C31H33N3O5/c1-6-39-22-10-8-21(9-11-22)29-26-27(23-16-18(2)15-19(3)30(23)35)32-33-28(26)31(36)34(29)14-13-20-7-12-24(37-4)25(17-20)38-5/h7-12,15-17,29,35H,6,13-14H2,1-5H3,(H,32,33)/t29-/m1/s1. The fraction of sp³-hybridized carbons (Fsp3) is 0.290. The topological polar surface area (TPSA) is 96.9 Å². The lowest BCUT2D eigenvalue weighted by atomic mass is 9.94. The van der Waals surface area contributed by atoms with Gasteiger partial charge < -0.3 is 24.2 Å². The summed E-state index contributed by atoms with van der Waals surface area (Å²) in [6.07, 6.45) is 0.613. The van der Waals surface area contributed by atoms with Crippen molar-refractivity contribution in [1.82, 2.24) is 15.1 Å². The quantitative estimate of drug-likeness (QED) is 0.294. The Morgan fingerprint density at radius 3 is 2.44 bits per heavy atom. The number of nitrogens with one attached hydrogen (secondary N) is 1. The van der Waals surface area contributed by atoms with E-state index >= 15 is 0 Å². The number of phenols is 1. The number of hydrogen-bond acceptors (Lipinski definition) is 6. The van der Waals surface area contributed by atoms with E-state index in [1.807, 2.05) is 80.3 Å². The maximum atomic E-state index is 13.8. The lowest BCUT2D eigenvalue weighted by Gasteiger charge is -2.27. The summed E-state index contributed by atoms with van der Waals surface area (Å²) in [4.78, 5) is 15.6. The largest absolute Gasteiger partial charge is 0.507 e. The number of carbonyl (C=O) groups excluding carboxylic acids is 1. The number of aromatic hydroxyl groups is 1. The van der Waals surface area contributed by atoms with E-state index in [4.69, 9.17) is 14.2 Å². The molecule has 3 aromatic carbocycles. The number of aromatic nitrogens is 2. The van der Waals surface area contributed by atoms with Crippen LogP contribution in [0.1, 0.15) is 51.3 Å². The molecule has 8 nitrogen and oxygen atoms in total. The molecule has 1 aliphatic rings. The Balaban J connectivity index is 1.56. The van der Waals surface area contributed by atoms with Gasteiger partial charge in [0.1, 0.15) is 22.9 Å². The molecule has 1 aliphatic heterocycles. The van der Waals surface area contributed by atoms with E-state index < -0.39 is 6.04 Å². The van der Waals surface area contributed by atoms with Gasteiger partial charge in [0.15, 0.2) is 11.5 Å². The number of benzene rings is 3. The van der Waals surface area contributed by atoms with Crippen molar-refractivity contribution >= 4 is 5.91 Å². The molecule has 0 spiro atoms. The van der Waals surface area contributed by atoms with Crippen LogP contribution in [-0.4, -0.2) is 53.5 Å². The predicted octanol–water partition coefficient (Wildman–Crippen LogP) is 5.60. The van der Waals surface area contributed by atoms with Crippen molar-refractivity contribution in [2.45, 2.75) is 33.2 Å². The second-order valence-electron chi connectivity index (χ2n) is 9.68. The van der Waals surface area contributed by atoms with Crippen LogP contribution >= 0.6 is 0 Å². The van der Waals surface area contributed by atoms with E-state index in [-0.39, 0.29) is 11.7 Å². The zero-order valence-electron chi connectivity index (χ0n) is 22.9. The molecule has 0 bridgehead atoms. The maximum absolute atomic E-state index is 13.8. The Hall–Kier alpha value is -4.46. The van der Waals surface area contributed by atoms with Gasteiger partial charge in [-0.1, -0.05) is 24.3 Å². The van der Waals surface area contributed by atoms with Crippen molar-refractivity contribution in [3.8, 4) is 34.3 Å². The Labute approximate surface area is 228 Å². The van der Waals surface area contributed by atoms with Gasteiger partial charge in [0.05, 0.1) is 26.9 Å². The normalized spacial score (nSPS) is 14.4. The van der Waals surface area contributed by atoms with Crippen LogP contribution in [0, 0.1) is 13.8 Å². The van der Waals surface area contributed by atoms with Crippen molar-refractivity contribution in [3.63, 3.8) is 0 Å². The number of aryl methyl sites for hydroxylation is 2. The van der Waals surface area contributed by atoms with E-state index in [0.717, 1.165) is 33.6 Å². The molecule has 0 radical (unpaired) electrons. The summed E-state index contributed by atoms with van der Waals surface area (Å²) in [6.45, 7) is 6.82. The first kappa shape index (κ1) is 26.2. The number of fused-ring (bicyclic) bond motifs is 1. The van der Waals surface area contributed by atoms with Crippen molar-refractivity contribution in [2.24, 2.45) is 0 Å². The SMILES string of the molecule is CCOc1ccc([C@@H]2c3c(-c4cc(C)cc(C)c4O)n[nH]c3C(=O)N2CCc2ccc(OC)c(OC)c2)cc1. The molecule has 2 heterocycles. The van der Waals surface area contributed by atoms with Crippen LogP contribution in [0.3, 0.4) is 0 Å². The zero-order chi connectivity index (χ0) is 27.7. The number of H-pyrrole nitrogens is 1. The third kappa shape index (κ3) is 4.78. The van der Waals surface area contributed by atoms with E-state index in [2.05, 4.69) is 10.2 Å². The smallest absolute Gasteiger partial charge is 0.273 e. The molecular formula is C31H33N3O5. The van der Waals surface area contributed by atoms with E-state index in [1.165, 1.54) is 0 Å². The van der Waals surface area contributed by atoms with Gasteiger partial charge in [0.2, 0.25) is 0 Å². The summed E-state index contributed by atoms with van der Waals surface area (Å²) in [5, 5.41) is 18.5. The van der Waals surface area contributed by atoms with Gasteiger partial charge in [0, 0.05) is 17.7 Å². The van der Waals surface area contributed by atoms with Crippen molar-refractivity contribution < 1.29 is 24.1 Å². The summed E-state index contributed by atoms with van der Waals surface area (Å²) in [5.41, 5.74) is 6.10. The van der Waals surface area contributed by atoms with Gasteiger partial charge in [0.25, 0.3) is 5.91 Å². The third-order valence-corrected chi connectivity index (χ3v) is 7.16. The summed E-state index contributed by atoms with van der Waals surface area (Å²) in [7, 11) is 3.21. The van der Waals surface area contributed by atoms with E-state index in [9.17, 15) is 9.90 Å². The van der Waals surface area contributed by atoms with Crippen LogP contribution in [0.5, 0.6) is 23.0 Å². The van der Waals surface area contributed by atoms with Gasteiger partial charge in [-0.3, -0.25) is 9.89 Å². The third-order valence-electron chi connectivity index (χ3n) is 7.16. The second-order valence-corrected chi connectivity index (χ2v) is 9.68. The molecule has 8 heteroatoms. The molecule has 2 N–H and O–H groups in total. The van der Waals surface area contributed by atoms with Gasteiger partial charge in [-0.2, -0.15) is 5.10 Å². The average molecular weight is 528 g/mol. The number of amides is 1. The van der Waals surface area contributed by atoms with Crippen LogP contribution in [0.15, 0.2) is 54.6 Å². The highest BCUT2D eigenvalue weighted by Gasteiger charge is 2.42. The highest BCUT2D eigenvalue weighted by Crippen LogP contribution is 2.45. The highest BCUT2D eigenvalue weighted by molar-refractivity contribution is 6.00. The molecule has 0 saturated heterocycles. The molecule has 0 fully saturated rings. The van der Waals surface area contributed by atoms with Gasteiger partial charge in [-0.05, 0) is 79.8 Å². The fourth-order valence-electron chi connectivity index (χ4n) is 5.32. The first-order valence-electron chi connectivity index (χ1n) is 13.0. The first-order chi connectivity index (χ1) is 18.9. The molecule has 39 heavy (non-hydrogen) atoms. The molecule has 1 atom stereocenters. The number of aromatic amines is 1. The molecule has 1 aromatic heterocycles. The molecule has 0 unspecified atom stereocenters. The summed E-state index contributed by atoms with van der Waals surface area (Å²) in [5.74, 6) is 2.10. The highest BCUT2D eigenvalue weighted by atomic mass is 16.5. The number of methoxy groups -OCH3 is 2. The van der Waals surface area contributed by atoms with Crippen molar-refractivity contribution in [1.29, 1.82) is 0 Å². The summed E-state index contributed by atoms with van der Waals surface area (Å²) < 4.78 is 16.5. The van der Waals surface area contributed by atoms with E-state index in [1.54, 1.807) is 14.2 Å². The zero-order valence-corrected chi connectivity index (χ0v) is 22.9. The van der Waals surface area contributed by atoms with Gasteiger partial charge in [-0.15, -0.1) is 0 Å². The molecule has 1 amide bonds. The molecule has 0 aliphatic carbocycles. The number of hydrogen-bond donors (Lipinski definition) is 2. The molecule has 202 valence electrons. The number of carbonyl (C=O) groups is 1. The van der Waals surface area contributed by atoms with Crippen LogP contribution in [0.4, 0.5) is 0 Å². The number of nitrogens with zero attached hydrogens (tertiary/aromatic N) is 2. The molecule has 0 saturated carbocycles. The number of rotatable bonds is 9. The Morgan fingerprint density at radius 1 is 1.00 bits per heavy atom. The molecule has 5 rings (SSSR count). The van der Waals surface area contributed by atoms with Gasteiger partial charge >= 0.3 is 0 Å². The fourth-order valence-corrected chi connectivity index (χ4v) is 5.32. The minimum atomic E-state index is -0.391. The number of ether oxygens (including phenoxy) is 3. The van der Waals surface area contributed by atoms with Crippen LogP contribution in [0.2, 0.25) is 0 Å². The van der Waals surface area contributed by atoms with Crippen LogP contribution in [0.25, 0.3) is 11.3 Å². The maximum Gasteiger partial charge on any atom is 0.273 e. The Kier molecular flexibility index (Phi) is 7.19. The van der Waals surface area contributed by atoms with Crippen molar-refractivity contribution in [2.75, 3.05) is 27.4 Å². The van der Waals surface area contributed by atoms with Crippen molar-refractivity contribution in [3.05, 3.63) is 88.1 Å². The van der Waals surface area contributed by atoms with E-state index in [0.29, 0.717) is 48.0 Å².